The summed E-state index contributed by atoms with van der Waals surface area (Å²) in [6.45, 7) is 6.52. The smallest absolute Gasteiger partial charge is 0.338 e. The number of hydrogen-bond donors (Lipinski definition) is 1. The maximum atomic E-state index is 12.4. The predicted molar refractivity (Wildman–Crippen MR) is 119 cm³/mol. The Morgan fingerprint density at radius 3 is 2.30 bits per heavy atom. The molecule has 1 fully saturated rings. The number of piperazine rings is 1. The Morgan fingerprint density at radius 1 is 1.00 bits per heavy atom. The van der Waals surface area contributed by atoms with Gasteiger partial charge in [-0.15, -0.1) is 0 Å². The quantitative estimate of drug-likeness (QED) is 0.648. The molecule has 0 aromatic heterocycles. The molecule has 0 saturated carbocycles. The van der Waals surface area contributed by atoms with Gasteiger partial charge in [0.2, 0.25) is 5.91 Å². The standard InChI is InChI=1S/C22H25Cl2N3O3/c1-2-30-22(29)16-4-7-19(8-5-16)25-21(28)15-27-11-9-26(10-12-27)14-17-3-6-18(23)13-20(17)24/h3-8,13H,2,9-12,14-15H2,1H3,(H,25,28). The maximum Gasteiger partial charge on any atom is 0.338 e. The van der Waals surface area contributed by atoms with Crippen LogP contribution in [0.1, 0.15) is 22.8 Å². The highest BCUT2D eigenvalue weighted by Crippen LogP contribution is 2.22. The Hall–Kier alpha value is -2.12. The molecule has 0 atom stereocenters. The average Bonchev–Trinajstić information content (AvgIpc) is 2.72. The Morgan fingerprint density at radius 2 is 1.67 bits per heavy atom. The fraction of sp³-hybridized carbons (Fsp3) is 0.364. The minimum absolute atomic E-state index is 0.0759. The number of ether oxygens (including phenoxy) is 1. The van der Waals surface area contributed by atoms with Gasteiger partial charge in [0.05, 0.1) is 18.7 Å². The van der Waals surface area contributed by atoms with Gasteiger partial charge in [0, 0.05) is 48.5 Å². The molecular weight excluding hydrogens is 425 g/mol. The molecule has 30 heavy (non-hydrogen) atoms. The normalized spacial score (nSPS) is 15.0. The van der Waals surface area contributed by atoms with Gasteiger partial charge in [0.15, 0.2) is 0 Å². The van der Waals surface area contributed by atoms with Gasteiger partial charge in [0.1, 0.15) is 0 Å². The van der Waals surface area contributed by atoms with Gasteiger partial charge in [-0.3, -0.25) is 14.6 Å². The van der Waals surface area contributed by atoms with Crippen molar-refractivity contribution in [3.63, 3.8) is 0 Å². The zero-order valence-electron chi connectivity index (χ0n) is 16.9. The molecule has 1 heterocycles. The molecule has 0 aliphatic carbocycles. The molecule has 160 valence electrons. The van der Waals surface area contributed by atoms with Crippen molar-refractivity contribution in [3.05, 3.63) is 63.6 Å². The van der Waals surface area contributed by atoms with Gasteiger partial charge in [-0.1, -0.05) is 29.3 Å². The number of halogens is 2. The van der Waals surface area contributed by atoms with E-state index in [1.54, 1.807) is 37.3 Å². The number of amides is 1. The summed E-state index contributed by atoms with van der Waals surface area (Å²) >= 11 is 12.2. The van der Waals surface area contributed by atoms with Gasteiger partial charge in [-0.2, -0.15) is 0 Å². The number of nitrogens with one attached hydrogen (secondary N) is 1. The third-order valence-electron chi connectivity index (χ3n) is 4.92. The molecule has 0 unspecified atom stereocenters. The number of benzene rings is 2. The highest BCUT2D eigenvalue weighted by atomic mass is 35.5. The summed E-state index contributed by atoms with van der Waals surface area (Å²) in [5.41, 5.74) is 2.18. The van der Waals surface area contributed by atoms with Crippen LogP contribution in [0.4, 0.5) is 5.69 Å². The molecule has 1 aliphatic rings. The molecule has 1 N–H and O–H groups in total. The van der Waals surface area contributed by atoms with Gasteiger partial charge >= 0.3 is 5.97 Å². The van der Waals surface area contributed by atoms with Crippen LogP contribution < -0.4 is 5.32 Å². The SMILES string of the molecule is CCOC(=O)c1ccc(NC(=O)CN2CCN(Cc3ccc(Cl)cc3Cl)CC2)cc1. The largest absolute Gasteiger partial charge is 0.462 e. The van der Waals surface area contributed by atoms with Crippen LogP contribution in [0.25, 0.3) is 0 Å². The predicted octanol–water partition coefficient (Wildman–Crippen LogP) is 3.93. The number of rotatable bonds is 7. The van der Waals surface area contributed by atoms with Crippen LogP contribution in [-0.2, 0) is 16.1 Å². The van der Waals surface area contributed by atoms with E-state index >= 15 is 0 Å². The van der Waals surface area contributed by atoms with E-state index in [1.165, 1.54) is 0 Å². The molecule has 0 spiro atoms. The number of carbonyl (C=O) groups excluding carboxylic acids is 2. The molecular formula is C22H25Cl2N3O3. The minimum Gasteiger partial charge on any atom is -0.462 e. The fourth-order valence-corrected chi connectivity index (χ4v) is 3.77. The van der Waals surface area contributed by atoms with Gasteiger partial charge in [-0.05, 0) is 48.9 Å². The van der Waals surface area contributed by atoms with Crippen molar-refractivity contribution < 1.29 is 14.3 Å². The molecule has 2 aromatic rings. The van der Waals surface area contributed by atoms with Crippen molar-refractivity contribution in [3.8, 4) is 0 Å². The average molecular weight is 450 g/mol. The van der Waals surface area contributed by atoms with Crippen molar-refractivity contribution >= 4 is 40.8 Å². The van der Waals surface area contributed by atoms with Crippen molar-refractivity contribution in [2.45, 2.75) is 13.5 Å². The highest BCUT2D eigenvalue weighted by Gasteiger charge is 2.20. The van der Waals surface area contributed by atoms with Crippen LogP contribution >= 0.6 is 23.2 Å². The van der Waals surface area contributed by atoms with Crippen LogP contribution in [0.5, 0.6) is 0 Å². The first-order valence-electron chi connectivity index (χ1n) is 9.90. The number of carbonyl (C=O) groups is 2. The van der Waals surface area contributed by atoms with Crippen LogP contribution in [0.3, 0.4) is 0 Å². The lowest BCUT2D eigenvalue weighted by Gasteiger charge is -2.34. The number of esters is 1. The van der Waals surface area contributed by atoms with E-state index in [0.29, 0.717) is 34.4 Å². The zero-order valence-corrected chi connectivity index (χ0v) is 18.4. The van der Waals surface area contributed by atoms with Crippen LogP contribution in [0, 0.1) is 0 Å². The van der Waals surface area contributed by atoms with Crippen molar-refractivity contribution in [2.75, 3.05) is 44.6 Å². The van der Waals surface area contributed by atoms with E-state index in [0.717, 1.165) is 38.3 Å². The molecule has 6 nitrogen and oxygen atoms in total. The first-order chi connectivity index (χ1) is 14.4. The highest BCUT2D eigenvalue weighted by molar-refractivity contribution is 6.35. The van der Waals surface area contributed by atoms with Crippen LogP contribution in [0.15, 0.2) is 42.5 Å². The molecule has 8 heteroatoms. The van der Waals surface area contributed by atoms with Gasteiger partial charge in [0.25, 0.3) is 0 Å². The lowest BCUT2D eigenvalue weighted by molar-refractivity contribution is -0.117. The monoisotopic (exact) mass is 449 g/mol. The second kappa shape index (κ2) is 10.8. The van der Waals surface area contributed by atoms with Crippen molar-refractivity contribution in [1.82, 2.24) is 9.80 Å². The second-order valence-electron chi connectivity index (χ2n) is 7.13. The van der Waals surface area contributed by atoms with Gasteiger partial charge < -0.3 is 10.1 Å². The Balaban J connectivity index is 1.43. The van der Waals surface area contributed by atoms with Crippen LogP contribution in [0.2, 0.25) is 10.0 Å². The third kappa shape index (κ3) is 6.44. The Bertz CT molecular complexity index is 882. The number of anilines is 1. The number of hydrogen-bond acceptors (Lipinski definition) is 5. The molecule has 1 aliphatic heterocycles. The lowest BCUT2D eigenvalue weighted by Crippen LogP contribution is -2.48. The van der Waals surface area contributed by atoms with Crippen LogP contribution in [-0.4, -0.2) is 61.0 Å². The maximum absolute atomic E-state index is 12.4. The van der Waals surface area contributed by atoms with E-state index in [9.17, 15) is 9.59 Å². The zero-order chi connectivity index (χ0) is 21.5. The second-order valence-corrected chi connectivity index (χ2v) is 7.98. The van der Waals surface area contributed by atoms with Crippen molar-refractivity contribution in [1.29, 1.82) is 0 Å². The summed E-state index contributed by atoms with van der Waals surface area (Å²) in [4.78, 5) is 28.5. The first kappa shape index (κ1) is 22.6. The third-order valence-corrected chi connectivity index (χ3v) is 5.51. The van der Waals surface area contributed by atoms with E-state index in [4.69, 9.17) is 27.9 Å². The van der Waals surface area contributed by atoms with E-state index in [-0.39, 0.29) is 11.9 Å². The number of nitrogens with zero attached hydrogens (tertiary/aromatic N) is 2. The first-order valence-corrected chi connectivity index (χ1v) is 10.7. The summed E-state index contributed by atoms with van der Waals surface area (Å²) in [6.07, 6.45) is 0. The minimum atomic E-state index is -0.367. The summed E-state index contributed by atoms with van der Waals surface area (Å²) in [7, 11) is 0. The fourth-order valence-electron chi connectivity index (χ4n) is 3.30. The lowest BCUT2D eigenvalue weighted by atomic mass is 10.2. The molecule has 3 rings (SSSR count). The van der Waals surface area contributed by atoms with Crippen molar-refractivity contribution in [2.24, 2.45) is 0 Å². The van der Waals surface area contributed by atoms with E-state index < -0.39 is 0 Å². The Labute approximate surface area is 186 Å². The summed E-state index contributed by atoms with van der Waals surface area (Å²) in [5, 5.41) is 4.19. The summed E-state index contributed by atoms with van der Waals surface area (Å²) in [5.74, 6) is -0.443. The van der Waals surface area contributed by atoms with E-state index in [2.05, 4.69) is 15.1 Å². The molecule has 2 aromatic carbocycles. The molecule has 1 amide bonds. The summed E-state index contributed by atoms with van der Waals surface area (Å²) < 4.78 is 4.96. The molecule has 0 radical (unpaired) electrons. The summed E-state index contributed by atoms with van der Waals surface area (Å²) in [6, 6.07) is 12.3. The van der Waals surface area contributed by atoms with E-state index in [1.807, 2.05) is 12.1 Å². The Kier molecular flexibility index (Phi) is 8.10. The topological polar surface area (TPSA) is 61.9 Å². The molecule has 1 saturated heterocycles. The van der Waals surface area contributed by atoms with Gasteiger partial charge in [-0.25, -0.2) is 4.79 Å². The molecule has 0 bridgehead atoms.